The number of guanidine groups is 1. The summed E-state index contributed by atoms with van der Waals surface area (Å²) in [5, 5.41) is 3.53. The molecule has 9 N–H and O–H groups in total. The lowest BCUT2D eigenvalue weighted by Gasteiger charge is -2.20. The van der Waals surface area contributed by atoms with Crippen LogP contribution in [0.2, 0.25) is 5.15 Å². The molecule has 1 amide bonds. The average molecular weight is 618 g/mol. The molecule has 0 aliphatic rings. The monoisotopic (exact) mass is 616 g/mol. The predicted octanol–water partition coefficient (Wildman–Crippen LogP) is 5.11. The van der Waals surface area contributed by atoms with Gasteiger partial charge >= 0.3 is 5.91 Å². The average Bonchev–Trinajstić information content (AvgIpc) is 2.94. The lowest BCUT2D eigenvalue weighted by Crippen LogP contribution is -2.24. The molecule has 12 heteroatoms. The van der Waals surface area contributed by atoms with E-state index < -0.39 is 11.9 Å². The van der Waals surface area contributed by atoms with Gasteiger partial charge in [-0.2, -0.15) is 4.99 Å². The quantitative estimate of drug-likeness (QED) is 0.134. The lowest BCUT2D eigenvalue weighted by atomic mass is 9.88. The molecule has 41 heavy (non-hydrogen) atoms. The van der Waals surface area contributed by atoms with Gasteiger partial charge in [0.15, 0.2) is 28.4 Å². The lowest BCUT2D eigenvalue weighted by molar-refractivity contribution is 0.0998. The summed E-state index contributed by atoms with van der Waals surface area (Å²) in [7, 11) is 0. The van der Waals surface area contributed by atoms with Crippen LogP contribution >= 0.6 is 36.4 Å². The number of aliphatic imine (C=N–C) groups is 1. The van der Waals surface area contributed by atoms with E-state index in [0.29, 0.717) is 12.0 Å². The normalized spacial score (nSPS) is 10.7. The zero-order chi connectivity index (χ0) is 28.2. The number of halogens is 3. The van der Waals surface area contributed by atoms with Gasteiger partial charge in [-0.05, 0) is 36.6 Å². The van der Waals surface area contributed by atoms with E-state index in [0.717, 1.165) is 13.0 Å². The molecular formula is C29H35Cl3N8O. The van der Waals surface area contributed by atoms with Crippen LogP contribution < -0.4 is 28.3 Å². The molecule has 0 fully saturated rings. The maximum Gasteiger partial charge on any atom is 0.302 e. The number of nitrogens with two attached hydrogens (primary N) is 4. The number of rotatable bonds is 8. The van der Waals surface area contributed by atoms with E-state index in [2.05, 4.69) is 118 Å². The van der Waals surface area contributed by atoms with Crippen LogP contribution in [0.25, 0.3) is 0 Å². The van der Waals surface area contributed by atoms with Crippen LogP contribution in [0.5, 0.6) is 0 Å². The molecule has 1 heterocycles. The topological polar surface area (TPSA) is 171 Å². The summed E-state index contributed by atoms with van der Waals surface area (Å²) in [5.41, 5.74) is 24.6. The number of hydrogen-bond donors (Lipinski definition) is 5. The first-order chi connectivity index (χ1) is 18.8. The minimum absolute atomic E-state index is 0. The van der Waals surface area contributed by atoms with Gasteiger partial charge < -0.3 is 28.3 Å². The summed E-state index contributed by atoms with van der Waals surface area (Å²) in [6.45, 7) is 3.22. The second-order valence-corrected chi connectivity index (χ2v) is 9.08. The molecule has 218 valence electrons. The van der Waals surface area contributed by atoms with Gasteiger partial charge in [0.25, 0.3) is 0 Å². The number of amides is 1. The number of hydrogen-bond acceptors (Lipinski definition) is 6. The van der Waals surface area contributed by atoms with Crippen LogP contribution in [-0.2, 0) is 0 Å². The van der Waals surface area contributed by atoms with Crippen LogP contribution in [-0.4, -0.2) is 28.4 Å². The van der Waals surface area contributed by atoms with Gasteiger partial charge in [0.05, 0.1) is 0 Å². The van der Waals surface area contributed by atoms with Gasteiger partial charge in [-0.3, -0.25) is 4.79 Å². The summed E-state index contributed by atoms with van der Waals surface area (Å²) < 4.78 is 0. The number of benzene rings is 3. The molecule has 0 saturated carbocycles. The zero-order valence-corrected chi connectivity index (χ0v) is 24.9. The highest BCUT2D eigenvalue weighted by Gasteiger charge is 2.16. The fraction of sp³-hybridized carbons (Fsp3) is 0.172. The Hall–Kier alpha value is -3.89. The molecule has 1 aromatic heterocycles. The standard InChI is InChI=1S/C23H25N.C6H8ClN7O.2ClH/c1-19(20-11-5-2-6-12-20)24-18-17-23(21-13-7-3-8-14-21)22-15-9-4-10-16-22;7-2-4(9)13-3(8)1(12-2)5(15)14-6(10)11;;/h2-16,19,23-24H,17-18H2,1H3;(H4,8,9,13)(H4,10,11,14,15);2*1H. The molecule has 0 aliphatic carbocycles. The minimum Gasteiger partial charge on any atom is -0.382 e. The largest absolute Gasteiger partial charge is 0.382 e. The third kappa shape index (κ3) is 10.9. The summed E-state index contributed by atoms with van der Waals surface area (Å²) >= 11 is 5.55. The molecule has 0 spiro atoms. The number of nitrogen functional groups attached to an aromatic ring is 2. The smallest absolute Gasteiger partial charge is 0.302 e. The first kappa shape index (κ1) is 35.1. The van der Waals surface area contributed by atoms with Crippen LogP contribution in [0.3, 0.4) is 0 Å². The zero-order valence-electron chi connectivity index (χ0n) is 22.5. The Morgan fingerprint density at radius 1 is 0.805 bits per heavy atom. The van der Waals surface area contributed by atoms with Crippen LogP contribution in [0.1, 0.15) is 52.5 Å². The molecule has 0 radical (unpaired) electrons. The Labute approximate surface area is 257 Å². The van der Waals surface area contributed by atoms with Gasteiger partial charge in [0.1, 0.15) is 0 Å². The van der Waals surface area contributed by atoms with Crippen molar-refractivity contribution >= 4 is 59.9 Å². The van der Waals surface area contributed by atoms with Crippen LogP contribution in [0.4, 0.5) is 11.6 Å². The summed E-state index contributed by atoms with van der Waals surface area (Å²) in [6.07, 6.45) is 1.09. The number of carbonyl (C=O) groups is 1. The first-order valence-corrected chi connectivity index (χ1v) is 12.7. The highest BCUT2D eigenvalue weighted by molar-refractivity contribution is 6.31. The fourth-order valence-corrected chi connectivity index (χ4v) is 4.10. The van der Waals surface area contributed by atoms with Gasteiger partial charge in [-0.25, -0.2) is 9.97 Å². The highest BCUT2D eigenvalue weighted by Crippen LogP contribution is 2.27. The Balaban J connectivity index is 0.000000432. The number of nitrogens with zero attached hydrogens (tertiary/aromatic N) is 3. The van der Waals surface area contributed by atoms with Gasteiger partial charge in [0, 0.05) is 12.0 Å². The van der Waals surface area contributed by atoms with Gasteiger partial charge in [-0.1, -0.05) is 103 Å². The molecule has 9 nitrogen and oxygen atoms in total. The van der Waals surface area contributed by atoms with Crippen molar-refractivity contribution in [3.05, 3.63) is 119 Å². The van der Waals surface area contributed by atoms with Crippen molar-refractivity contribution in [2.45, 2.75) is 25.3 Å². The molecule has 0 saturated heterocycles. The van der Waals surface area contributed by atoms with Crippen molar-refractivity contribution in [3.8, 4) is 0 Å². The first-order valence-electron chi connectivity index (χ1n) is 12.4. The number of nitrogens with one attached hydrogen (secondary N) is 1. The molecule has 0 aliphatic heterocycles. The van der Waals surface area contributed by atoms with E-state index in [-0.39, 0.29) is 47.3 Å². The Morgan fingerprint density at radius 2 is 1.27 bits per heavy atom. The Morgan fingerprint density at radius 3 is 1.73 bits per heavy atom. The summed E-state index contributed by atoms with van der Waals surface area (Å²) in [5.74, 6) is -1.07. The summed E-state index contributed by atoms with van der Waals surface area (Å²) in [4.78, 5) is 21.7. The third-order valence-electron chi connectivity index (χ3n) is 5.93. The fourth-order valence-electron chi connectivity index (χ4n) is 3.97. The van der Waals surface area contributed by atoms with Crippen molar-refractivity contribution in [1.82, 2.24) is 15.3 Å². The summed E-state index contributed by atoms with van der Waals surface area (Å²) in [6, 6.07) is 32.6. The Kier molecular flexibility index (Phi) is 15.2. The second kappa shape index (κ2) is 17.7. The van der Waals surface area contributed by atoms with Crippen molar-refractivity contribution in [1.29, 1.82) is 0 Å². The highest BCUT2D eigenvalue weighted by atomic mass is 35.5. The van der Waals surface area contributed by atoms with Crippen molar-refractivity contribution in [2.75, 3.05) is 18.0 Å². The minimum atomic E-state index is -0.832. The van der Waals surface area contributed by atoms with Crippen LogP contribution in [0, 0.1) is 0 Å². The number of aromatic nitrogens is 2. The van der Waals surface area contributed by atoms with E-state index in [1.54, 1.807) is 0 Å². The van der Waals surface area contributed by atoms with E-state index in [9.17, 15) is 4.79 Å². The molecule has 1 unspecified atom stereocenters. The molecule has 4 rings (SSSR count). The van der Waals surface area contributed by atoms with Gasteiger partial charge in [0.2, 0.25) is 0 Å². The van der Waals surface area contributed by atoms with E-state index in [1.807, 2.05) is 0 Å². The predicted molar refractivity (Wildman–Crippen MR) is 173 cm³/mol. The Bertz CT molecular complexity index is 1330. The molecular weight excluding hydrogens is 583 g/mol. The molecule has 3 aromatic carbocycles. The van der Waals surface area contributed by atoms with E-state index >= 15 is 0 Å². The second-order valence-electron chi connectivity index (χ2n) is 8.72. The van der Waals surface area contributed by atoms with Crippen molar-refractivity contribution < 1.29 is 4.79 Å². The van der Waals surface area contributed by atoms with Crippen LogP contribution in [0.15, 0.2) is 96.0 Å². The van der Waals surface area contributed by atoms with Crippen molar-refractivity contribution in [3.63, 3.8) is 0 Å². The van der Waals surface area contributed by atoms with Gasteiger partial charge in [-0.15, -0.1) is 24.8 Å². The SMILES string of the molecule is CC(NCCC(c1ccccc1)c1ccccc1)c1ccccc1.Cl.Cl.NC(N)=NC(=O)c1nc(Cl)c(N)nc1N. The van der Waals surface area contributed by atoms with Crippen molar-refractivity contribution in [2.24, 2.45) is 16.5 Å². The third-order valence-corrected chi connectivity index (χ3v) is 6.20. The maximum atomic E-state index is 11.3. The molecule has 0 bridgehead atoms. The molecule has 4 aromatic rings. The van der Waals surface area contributed by atoms with E-state index in [4.69, 9.17) is 34.5 Å². The number of carbonyl (C=O) groups excluding carboxylic acids is 1. The number of anilines is 2. The molecule has 1 atom stereocenters. The van der Waals surface area contributed by atoms with E-state index in [1.165, 1.54) is 16.7 Å². The maximum absolute atomic E-state index is 11.3.